The van der Waals surface area contributed by atoms with E-state index in [4.69, 9.17) is 5.26 Å². The SMILES string of the molecule is N#Cc1cncc(-c2cccc3c2CCN3)c1. The Morgan fingerprint density at radius 3 is 3.12 bits per heavy atom. The second kappa shape index (κ2) is 3.91. The van der Waals surface area contributed by atoms with Crippen LogP contribution in [-0.4, -0.2) is 11.5 Å². The summed E-state index contributed by atoms with van der Waals surface area (Å²) in [5.74, 6) is 0. The number of fused-ring (bicyclic) bond motifs is 1. The molecule has 3 heteroatoms. The molecule has 3 rings (SSSR count). The monoisotopic (exact) mass is 221 g/mol. The number of aromatic nitrogens is 1. The molecule has 2 aromatic rings. The Kier molecular flexibility index (Phi) is 2.27. The van der Waals surface area contributed by atoms with Crippen molar-refractivity contribution in [3.63, 3.8) is 0 Å². The summed E-state index contributed by atoms with van der Waals surface area (Å²) in [6.45, 7) is 0.984. The first-order valence-corrected chi connectivity index (χ1v) is 5.60. The molecule has 3 nitrogen and oxygen atoms in total. The zero-order valence-corrected chi connectivity index (χ0v) is 9.27. The van der Waals surface area contributed by atoms with Crippen molar-refractivity contribution in [1.29, 1.82) is 5.26 Å². The van der Waals surface area contributed by atoms with Crippen LogP contribution < -0.4 is 5.32 Å². The van der Waals surface area contributed by atoms with Crippen LogP contribution in [0.25, 0.3) is 11.1 Å². The fourth-order valence-electron chi connectivity index (χ4n) is 2.26. The molecule has 1 aliphatic rings. The van der Waals surface area contributed by atoms with E-state index in [0.29, 0.717) is 5.56 Å². The average Bonchev–Trinajstić information content (AvgIpc) is 2.87. The van der Waals surface area contributed by atoms with Gasteiger partial charge in [0.15, 0.2) is 0 Å². The van der Waals surface area contributed by atoms with Crippen molar-refractivity contribution in [2.45, 2.75) is 6.42 Å². The van der Waals surface area contributed by atoms with Gasteiger partial charge in [0.05, 0.1) is 5.56 Å². The molecular weight excluding hydrogens is 210 g/mol. The van der Waals surface area contributed by atoms with Gasteiger partial charge in [-0.05, 0) is 29.7 Å². The van der Waals surface area contributed by atoms with Gasteiger partial charge in [0, 0.05) is 30.2 Å². The van der Waals surface area contributed by atoms with Crippen LogP contribution in [0.5, 0.6) is 0 Å². The highest BCUT2D eigenvalue weighted by molar-refractivity contribution is 5.75. The maximum atomic E-state index is 8.90. The number of nitrogens with zero attached hydrogens (tertiary/aromatic N) is 2. The van der Waals surface area contributed by atoms with Gasteiger partial charge in [0.2, 0.25) is 0 Å². The molecule has 1 aromatic carbocycles. The molecule has 0 aliphatic carbocycles. The van der Waals surface area contributed by atoms with Gasteiger partial charge < -0.3 is 5.32 Å². The van der Waals surface area contributed by atoms with Crippen LogP contribution in [0.2, 0.25) is 0 Å². The lowest BCUT2D eigenvalue weighted by atomic mass is 9.98. The highest BCUT2D eigenvalue weighted by Gasteiger charge is 2.14. The summed E-state index contributed by atoms with van der Waals surface area (Å²) in [7, 11) is 0. The van der Waals surface area contributed by atoms with E-state index in [1.165, 1.54) is 16.8 Å². The third kappa shape index (κ3) is 1.64. The van der Waals surface area contributed by atoms with Crippen molar-refractivity contribution in [1.82, 2.24) is 4.98 Å². The first kappa shape index (κ1) is 9.86. The second-order valence-electron chi connectivity index (χ2n) is 4.08. The third-order valence-corrected chi connectivity index (χ3v) is 3.04. The van der Waals surface area contributed by atoms with E-state index in [-0.39, 0.29) is 0 Å². The Balaban J connectivity index is 2.16. The average molecular weight is 221 g/mol. The molecule has 1 aliphatic heterocycles. The van der Waals surface area contributed by atoms with E-state index in [0.717, 1.165) is 18.5 Å². The molecular formula is C14H11N3. The molecule has 1 aromatic heterocycles. The van der Waals surface area contributed by atoms with E-state index < -0.39 is 0 Å². The molecule has 0 amide bonds. The molecule has 0 saturated carbocycles. The summed E-state index contributed by atoms with van der Waals surface area (Å²) in [5, 5.41) is 12.3. The molecule has 0 unspecified atom stereocenters. The van der Waals surface area contributed by atoms with Crippen LogP contribution in [0.3, 0.4) is 0 Å². The molecule has 2 heterocycles. The maximum absolute atomic E-state index is 8.90. The summed E-state index contributed by atoms with van der Waals surface area (Å²) in [6, 6.07) is 10.2. The van der Waals surface area contributed by atoms with Gasteiger partial charge in [-0.1, -0.05) is 12.1 Å². The largest absolute Gasteiger partial charge is 0.384 e. The minimum Gasteiger partial charge on any atom is -0.384 e. The van der Waals surface area contributed by atoms with Crippen LogP contribution in [0.1, 0.15) is 11.1 Å². The fourth-order valence-corrected chi connectivity index (χ4v) is 2.26. The lowest BCUT2D eigenvalue weighted by molar-refractivity contribution is 1.11. The maximum Gasteiger partial charge on any atom is 0.101 e. The van der Waals surface area contributed by atoms with E-state index in [2.05, 4.69) is 28.5 Å². The molecule has 1 N–H and O–H groups in total. The zero-order valence-electron chi connectivity index (χ0n) is 9.27. The van der Waals surface area contributed by atoms with Crippen LogP contribution in [-0.2, 0) is 6.42 Å². The third-order valence-electron chi connectivity index (χ3n) is 3.04. The first-order valence-electron chi connectivity index (χ1n) is 5.60. The summed E-state index contributed by atoms with van der Waals surface area (Å²) in [5.41, 5.74) is 5.32. The molecule has 0 radical (unpaired) electrons. The van der Waals surface area contributed by atoms with E-state index >= 15 is 0 Å². The van der Waals surface area contributed by atoms with Gasteiger partial charge in [-0.3, -0.25) is 4.98 Å². The second-order valence-corrected chi connectivity index (χ2v) is 4.08. The summed E-state index contributed by atoms with van der Waals surface area (Å²) in [6.07, 6.45) is 4.43. The standard InChI is InChI=1S/C14H11N3/c15-7-10-6-11(9-16-8-10)12-2-1-3-14-13(12)4-5-17-14/h1-3,6,8-9,17H,4-5H2. The van der Waals surface area contributed by atoms with Crippen LogP contribution in [0, 0.1) is 11.3 Å². The van der Waals surface area contributed by atoms with E-state index in [1.807, 2.05) is 18.3 Å². The molecule has 0 saturated heterocycles. The van der Waals surface area contributed by atoms with Crippen molar-refractivity contribution in [3.8, 4) is 17.2 Å². The fraction of sp³-hybridized carbons (Fsp3) is 0.143. The van der Waals surface area contributed by atoms with Gasteiger partial charge >= 0.3 is 0 Å². The quantitative estimate of drug-likeness (QED) is 0.805. The van der Waals surface area contributed by atoms with Gasteiger partial charge in [0.1, 0.15) is 6.07 Å². The number of pyridine rings is 1. The smallest absolute Gasteiger partial charge is 0.101 e. The molecule has 0 spiro atoms. The van der Waals surface area contributed by atoms with Crippen molar-refractivity contribution in [2.75, 3.05) is 11.9 Å². The molecule has 82 valence electrons. The van der Waals surface area contributed by atoms with E-state index in [1.54, 1.807) is 6.20 Å². The number of hydrogen-bond donors (Lipinski definition) is 1. The predicted molar refractivity (Wildman–Crippen MR) is 66.6 cm³/mol. The van der Waals surface area contributed by atoms with Crippen LogP contribution in [0.15, 0.2) is 36.7 Å². The van der Waals surface area contributed by atoms with Crippen molar-refractivity contribution in [3.05, 3.63) is 47.8 Å². The van der Waals surface area contributed by atoms with Crippen molar-refractivity contribution < 1.29 is 0 Å². The van der Waals surface area contributed by atoms with Crippen molar-refractivity contribution >= 4 is 5.69 Å². The van der Waals surface area contributed by atoms with Gasteiger partial charge in [-0.15, -0.1) is 0 Å². The van der Waals surface area contributed by atoms with Crippen molar-refractivity contribution in [2.24, 2.45) is 0 Å². The number of nitriles is 1. The normalized spacial score (nSPS) is 12.6. The lowest BCUT2D eigenvalue weighted by Crippen LogP contribution is -1.90. The number of rotatable bonds is 1. The number of benzene rings is 1. The summed E-state index contributed by atoms with van der Waals surface area (Å²) >= 11 is 0. The van der Waals surface area contributed by atoms with Gasteiger partial charge in [0.25, 0.3) is 0 Å². The highest BCUT2D eigenvalue weighted by Crippen LogP contribution is 2.32. The molecule has 17 heavy (non-hydrogen) atoms. The number of hydrogen-bond acceptors (Lipinski definition) is 3. The Hall–Kier alpha value is -2.34. The molecule has 0 bridgehead atoms. The van der Waals surface area contributed by atoms with Gasteiger partial charge in [-0.2, -0.15) is 5.26 Å². The minimum atomic E-state index is 0.603. The summed E-state index contributed by atoms with van der Waals surface area (Å²) in [4.78, 5) is 4.11. The minimum absolute atomic E-state index is 0.603. The van der Waals surface area contributed by atoms with Crippen LogP contribution in [0.4, 0.5) is 5.69 Å². The first-order chi connectivity index (χ1) is 8.38. The Bertz CT molecular complexity index is 611. The Morgan fingerprint density at radius 1 is 1.29 bits per heavy atom. The summed E-state index contributed by atoms with van der Waals surface area (Å²) < 4.78 is 0. The predicted octanol–water partition coefficient (Wildman–Crippen LogP) is 2.59. The highest BCUT2D eigenvalue weighted by atomic mass is 14.9. The van der Waals surface area contributed by atoms with Crippen LogP contribution >= 0.6 is 0 Å². The Labute approximate surface area is 99.7 Å². The number of nitrogens with one attached hydrogen (secondary N) is 1. The number of anilines is 1. The molecule has 0 fully saturated rings. The topological polar surface area (TPSA) is 48.7 Å². The lowest BCUT2D eigenvalue weighted by Gasteiger charge is -2.07. The molecule has 0 atom stereocenters. The Morgan fingerprint density at radius 2 is 2.24 bits per heavy atom. The zero-order chi connectivity index (χ0) is 11.7. The van der Waals surface area contributed by atoms with Gasteiger partial charge in [-0.25, -0.2) is 0 Å². The van der Waals surface area contributed by atoms with E-state index in [9.17, 15) is 0 Å².